The lowest BCUT2D eigenvalue weighted by molar-refractivity contribution is 0.232. The fraction of sp³-hybridized carbons (Fsp3) is 0.667. The predicted molar refractivity (Wildman–Crippen MR) is 85.0 cm³/mol. The van der Waals surface area contributed by atoms with Gasteiger partial charge in [-0.3, -0.25) is 0 Å². The second-order valence-corrected chi connectivity index (χ2v) is 6.63. The molecular formula is C18H27NO2. The van der Waals surface area contributed by atoms with Gasteiger partial charge in [0.1, 0.15) is 11.5 Å². The topological polar surface area (TPSA) is 30.5 Å². The Morgan fingerprint density at radius 1 is 1.19 bits per heavy atom. The summed E-state index contributed by atoms with van der Waals surface area (Å²) in [4.78, 5) is 0. The molecule has 1 fully saturated rings. The van der Waals surface area contributed by atoms with E-state index in [1.165, 1.54) is 31.2 Å². The van der Waals surface area contributed by atoms with Crippen LogP contribution in [0.4, 0.5) is 0 Å². The molecular weight excluding hydrogens is 262 g/mol. The maximum absolute atomic E-state index is 5.76. The van der Waals surface area contributed by atoms with Crippen molar-refractivity contribution in [3.8, 4) is 11.5 Å². The molecule has 1 heterocycles. The first-order chi connectivity index (χ1) is 10.3. The van der Waals surface area contributed by atoms with E-state index >= 15 is 0 Å². The minimum absolute atomic E-state index is 0.406. The van der Waals surface area contributed by atoms with Gasteiger partial charge >= 0.3 is 0 Å². The fourth-order valence-corrected chi connectivity index (χ4v) is 3.55. The molecule has 3 nitrogen and oxygen atoms in total. The van der Waals surface area contributed by atoms with Crippen LogP contribution in [0.2, 0.25) is 0 Å². The summed E-state index contributed by atoms with van der Waals surface area (Å²) in [6, 6.07) is 6.53. The third-order valence-corrected chi connectivity index (χ3v) is 5.04. The molecule has 1 aromatic rings. The van der Waals surface area contributed by atoms with Gasteiger partial charge in [0.2, 0.25) is 0 Å². The number of fused-ring (bicyclic) bond motifs is 1. The quantitative estimate of drug-likeness (QED) is 0.911. The number of methoxy groups -OCH3 is 1. The van der Waals surface area contributed by atoms with Gasteiger partial charge in [0.15, 0.2) is 0 Å². The third-order valence-electron chi connectivity index (χ3n) is 5.04. The van der Waals surface area contributed by atoms with Crippen molar-refractivity contribution in [1.82, 2.24) is 5.32 Å². The number of nitrogens with one attached hydrogen (secondary N) is 1. The molecule has 1 atom stereocenters. The summed E-state index contributed by atoms with van der Waals surface area (Å²) in [5, 5.41) is 3.78. The van der Waals surface area contributed by atoms with E-state index in [2.05, 4.69) is 18.3 Å². The number of benzene rings is 1. The molecule has 0 saturated heterocycles. The highest BCUT2D eigenvalue weighted by Gasteiger charge is 2.24. The number of hydrogen-bond donors (Lipinski definition) is 1. The number of rotatable bonds is 4. The average Bonchev–Trinajstić information content (AvgIpc) is 2.54. The molecule has 1 aliphatic heterocycles. The Morgan fingerprint density at radius 2 is 2.00 bits per heavy atom. The van der Waals surface area contributed by atoms with Gasteiger partial charge in [-0.2, -0.15) is 0 Å². The highest BCUT2D eigenvalue weighted by molar-refractivity contribution is 5.43. The van der Waals surface area contributed by atoms with Crippen molar-refractivity contribution in [2.75, 3.05) is 20.3 Å². The lowest BCUT2D eigenvalue weighted by Gasteiger charge is -2.31. The van der Waals surface area contributed by atoms with Crippen molar-refractivity contribution < 1.29 is 9.47 Å². The van der Waals surface area contributed by atoms with E-state index in [9.17, 15) is 0 Å². The van der Waals surface area contributed by atoms with E-state index in [0.717, 1.165) is 42.9 Å². The number of ether oxygens (including phenoxy) is 2. The van der Waals surface area contributed by atoms with E-state index in [1.807, 2.05) is 12.1 Å². The molecule has 1 aliphatic carbocycles. The Labute approximate surface area is 128 Å². The molecule has 2 aliphatic rings. The highest BCUT2D eigenvalue weighted by Crippen LogP contribution is 2.35. The van der Waals surface area contributed by atoms with Gasteiger partial charge in [0, 0.05) is 18.0 Å². The van der Waals surface area contributed by atoms with Gasteiger partial charge in [-0.05, 0) is 49.4 Å². The van der Waals surface area contributed by atoms with Gasteiger partial charge in [-0.25, -0.2) is 0 Å². The lowest BCUT2D eigenvalue weighted by Crippen LogP contribution is -2.32. The maximum atomic E-state index is 5.76. The molecule has 1 unspecified atom stereocenters. The van der Waals surface area contributed by atoms with Crippen molar-refractivity contribution in [3.63, 3.8) is 0 Å². The Balaban J connectivity index is 1.62. The monoisotopic (exact) mass is 289 g/mol. The normalized spacial score (nSPS) is 28.6. The van der Waals surface area contributed by atoms with E-state index < -0.39 is 0 Å². The largest absolute Gasteiger partial charge is 0.497 e. The molecule has 3 rings (SSSR count). The molecule has 0 spiro atoms. The Bertz CT molecular complexity index is 466. The lowest BCUT2D eigenvalue weighted by atomic mass is 9.83. The van der Waals surface area contributed by atoms with Crippen molar-refractivity contribution in [2.45, 2.75) is 45.1 Å². The minimum Gasteiger partial charge on any atom is -0.497 e. The van der Waals surface area contributed by atoms with E-state index in [1.54, 1.807) is 7.11 Å². The van der Waals surface area contributed by atoms with Crippen molar-refractivity contribution in [2.24, 2.45) is 11.8 Å². The standard InChI is InChI=1S/C18H27NO2/c1-13-3-5-14(6-4-13)12-19-17-9-10-21-18-8-7-15(20-2)11-16(17)18/h7-8,11,13-14,17,19H,3-6,9-10,12H2,1-2H3. The summed E-state index contributed by atoms with van der Waals surface area (Å²) < 4.78 is 11.1. The summed E-state index contributed by atoms with van der Waals surface area (Å²) in [6.45, 7) is 4.32. The molecule has 0 radical (unpaired) electrons. The molecule has 21 heavy (non-hydrogen) atoms. The fourth-order valence-electron chi connectivity index (χ4n) is 3.55. The van der Waals surface area contributed by atoms with Crippen LogP contribution in [-0.2, 0) is 0 Å². The SMILES string of the molecule is COc1ccc2c(c1)C(NCC1CCC(C)CC1)CCO2. The van der Waals surface area contributed by atoms with Crippen LogP contribution in [0.1, 0.15) is 50.6 Å². The van der Waals surface area contributed by atoms with Crippen LogP contribution in [0.15, 0.2) is 18.2 Å². The first-order valence-electron chi connectivity index (χ1n) is 8.30. The summed E-state index contributed by atoms with van der Waals surface area (Å²) in [5.74, 6) is 3.70. The van der Waals surface area contributed by atoms with E-state index in [4.69, 9.17) is 9.47 Å². The van der Waals surface area contributed by atoms with Gasteiger partial charge in [0.05, 0.1) is 13.7 Å². The Kier molecular flexibility index (Phi) is 4.69. The molecule has 0 aromatic heterocycles. The highest BCUT2D eigenvalue weighted by atomic mass is 16.5. The summed E-state index contributed by atoms with van der Waals surface area (Å²) in [6.07, 6.45) is 6.59. The summed E-state index contributed by atoms with van der Waals surface area (Å²) in [7, 11) is 1.72. The number of hydrogen-bond acceptors (Lipinski definition) is 3. The predicted octanol–water partition coefficient (Wildman–Crippen LogP) is 3.93. The Hall–Kier alpha value is -1.22. The van der Waals surface area contributed by atoms with Crippen LogP contribution in [0, 0.1) is 11.8 Å². The second-order valence-electron chi connectivity index (χ2n) is 6.63. The zero-order chi connectivity index (χ0) is 14.7. The summed E-state index contributed by atoms with van der Waals surface area (Å²) in [5.41, 5.74) is 1.25. The second kappa shape index (κ2) is 6.69. The van der Waals surface area contributed by atoms with Gasteiger partial charge in [0.25, 0.3) is 0 Å². The zero-order valence-corrected chi connectivity index (χ0v) is 13.2. The van der Waals surface area contributed by atoms with Crippen molar-refractivity contribution in [1.29, 1.82) is 0 Å². The van der Waals surface area contributed by atoms with Crippen LogP contribution >= 0.6 is 0 Å². The average molecular weight is 289 g/mol. The molecule has 1 saturated carbocycles. The first kappa shape index (κ1) is 14.7. The van der Waals surface area contributed by atoms with Gasteiger partial charge in [-0.1, -0.05) is 19.8 Å². The van der Waals surface area contributed by atoms with Crippen LogP contribution in [-0.4, -0.2) is 20.3 Å². The van der Waals surface area contributed by atoms with Gasteiger partial charge < -0.3 is 14.8 Å². The van der Waals surface area contributed by atoms with Crippen molar-refractivity contribution in [3.05, 3.63) is 23.8 Å². The first-order valence-corrected chi connectivity index (χ1v) is 8.30. The van der Waals surface area contributed by atoms with E-state index in [0.29, 0.717) is 6.04 Å². The molecule has 3 heteroatoms. The maximum Gasteiger partial charge on any atom is 0.124 e. The molecule has 1 aromatic carbocycles. The van der Waals surface area contributed by atoms with Crippen LogP contribution in [0.5, 0.6) is 11.5 Å². The van der Waals surface area contributed by atoms with Crippen molar-refractivity contribution >= 4 is 0 Å². The van der Waals surface area contributed by atoms with Gasteiger partial charge in [-0.15, -0.1) is 0 Å². The molecule has 1 N–H and O–H groups in total. The smallest absolute Gasteiger partial charge is 0.124 e. The van der Waals surface area contributed by atoms with Crippen LogP contribution in [0.3, 0.4) is 0 Å². The zero-order valence-electron chi connectivity index (χ0n) is 13.2. The molecule has 0 bridgehead atoms. The Morgan fingerprint density at radius 3 is 2.76 bits per heavy atom. The molecule has 116 valence electrons. The van der Waals surface area contributed by atoms with E-state index in [-0.39, 0.29) is 0 Å². The van der Waals surface area contributed by atoms with Crippen LogP contribution < -0.4 is 14.8 Å². The summed E-state index contributed by atoms with van der Waals surface area (Å²) >= 11 is 0. The minimum atomic E-state index is 0.406. The third kappa shape index (κ3) is 3.52. The molecule has 0 amide bonds. The van der Waals surface area contributed by atoms with Crippen LogP contribution in [0.25, 0.3) is 0 Å².